The van der Waals surface area contributed by atoms with Crippen LogP contribution in [0.4, 0.5) is 0 Å². The molecule has 0 aliphatic carbocycles. The Morgan fingerprint density at radius 3 is 2.72 bits per heavy atom. The Bertz CT molecular complexity index is 442. The summed E-state index contributed by atoms with van der Waals surface area (Å²) >= 11 is 5.71. The summed E-state index contributed by atoms with van der Waals surface area (Å²) in [5, 5.41) is 0.582. The molecular weight excluding hydrogens is 260 g/mol. The molecule has 0 amide bonds. The van der Waals surface area contributed by atoms with Crippen LogP contribution in [0.25, 0.3) is 0 Å². The van der Waals surface area contributed by atoms with E-state index in [1.165, 1.54) is 0 Å². The summed E-state index contributed by atoms with van der Waals surface area (Å²) in [6, 6.07) is 6.58. The Hall–Kier alpha value is -1.75. The maximum absolute atomic E-state index is 11.4. The van der Waals surface area contributed by atoms with E-state index in [4.69, 9.17) is 21.1 Å². The number of cyclic esters (lactones) is 1. The Morgan fingerprint density at radius 2 is 2.11 bits per heavy atom. The Balaban J connectivity index is 1.78. The lowest BCUT2D eigenvalue weighted by molar-refractivity contribution is -0.161. The van der Waals surface area contributed by atoms with E-state index in [0.29, 0.717) is 17.2 Å². The molecule has 2 rings (SSSR count). The number of esters is 2. The van der Waals surface area contributed by atoms with E-state index < -0.39 is 18.0 Å². The van der Waals surface area contributed by atoms with Crippen molar-refractivity contribution in [3.63, 3.8) is 0 Å². The van der Waals surface area contributed by atoms with Gasteiger partial charge in [-0.15, -0.1) is 0 Å². The minimum absolute atomic E-state index is 0.259. The Morgan fingerprint density at radius 1 is 1.39 bits per heavy atom. The Kier molecular flexibility index (Phi) is 4.04. The maximum atomic E-state index is 11.4. The van der Waals surface area contributed by atoms with Crippen LogP contribution in [-0.4, -0.2) is 31.3 Å². The van der Waals surface area contributed by atoms with E-state index in [9.17, 15) is 9.59 Å². The molecule has 96 valence electrons. The zero-order chi connectivity index (χ0) is 13.0. The topological polar surface area (TPSA) is 61.8 Å². The van der Waals surface area contributed by atoms with Crippen LogP contribution in [0, 0.1) is 0 Å². The van der Waals surface area contributed by atoms with Crippen LogP contribution in [0.1, 0.15) is 6.42 Å². The molecule has 18 heavy (non-hydrogen) atoms. The van der Waals surface area contributed by atoms with Crippen LogP contribution in [0.15, 0.2) is 24.3 Å². The quantitative estimate of drug-likeness (QED) is 0.778. The van der Waals surface area contributed by atoms with E-state index in [2.05, 4.69) is 4.74 Å². The molecule has 1 aromatic rings. The second-order valence-corrected chi connectivity index (χ2v) is 4.11. The average Bonchev–Trinajstić information content (AvgIpc) is 2.74. The lowest BCUT2D eigenvalue weighted by Gasteiger charge is -2.09. The first kappa shape index (κ1) is 12.7. The summed E-state index contributed by atoms with van der Waals surface area (Å²) < 4.78 is 14.8. The van der Waals surface area contributed by atoms with E-state index in [-0.39, 0.29) is 13.2 Å². The van der Waals surface area contributed by atoms with Gasteiger partial charge in [0.25, 0.3) is 0 Å². The van der Waals surface area contributed by atoms with Crippen molar-refractivity contribution in [1.82, 2.24) is 0 Å². The third-order valence-electron chi connectivity index (χ3n) is 2.33. The molecule has 1 aliphatic rings. The van der Waals surface area contributed by atoms with Crippen LogP contribution in [0.2, 0.25) is 5.02 Å². The van der Waals surface area contributed by atoms with E-state index in [1.54, 1.807) is 24.3 Å². The minimum atomic E-state index is -0.800. The van der Waals surface area contributed by atoms with Crippen LogP contribution >= 0.6 is 11.6 Å². The van der Waals surface area contributed by atoms with Crippen LogP contribution in [-0.2, 0) is 19.1 Å². The smallest absolute Gasteiger partial charge is 0.347 e. The SMILES string of the molecule is O=C(COc1ccc(Cl)cc1)OC1CCOC1=O. The molecule has 1 fully saturated rings. The van der Waals surface area contributed by atoms with Crippen molar-refractivity contribution in [3.05, 3.63) is 29.3 Å². The third kappa shape index (κ3) is 3.37. The standard InChI is InChI=1S/C12H11ClO5/c13-8-1-3-9(4-2-8)17-7-11(14)18-10-5-6-16-12(10)15/h1-4,10H,5-7H2. The van der Waals surface area contributed by atoms with Gasteiger partial charge < -0.3 is 14.2 Å². The first-order valence-corrected chi connectivity index (χ1v) is 5.77. The Labute approximate surface area is 109 Å². The molecule has 0 aromatic heterocycles. The van der Waals surface area contributed by atoms with E-state index >= 15 is 0 Å². The predicted octanol–water partition coefficient (Wildman–Crippen LogP) is 1.58. The molecule has 6 heteroatoms. The van der Waals surface area contributed by atoms with E-state index in [1.807, 2.05) is 0 Å². The van der Waals surface area contributed by atoms with Gasteiger partial charge in [0.2, 0.25) is 6.10 Å². The second-order valence-electron chi connectivity index (χ2n) is 3.68. The predicted molar refractivity (Wildman–Crippen MR) is 62.4 cm³/mol. The molecule has 0 N–H and O–H groups in total. The van der Waals surface area contributed by atoms with Gasteiger partial charge in [-0.25, -0.2) is 9.59 Å². The van der Waals surface area contributed by atoms with Gasteiger partial charge in [-0.2, -0.15) is 0 Å². The van der Waals surface area contributed by atoms with Crippen molar-refractivity contribution in [2.75, 3.05) is 13.2 Å². The lowest BCUT2D eigenvalue weighted by atomic mass is 10.3. The highest BCUT2D eigenvalue weighted by molar-refractivity contribution is 6.30. The number of hydrogen-bond acceptors (Lipinski definition) is 5. The molecule has 0 bridgehead atoms. The number of halogens is 1. The molecule has 1 saturated heterocycles. The maximum Gasteiger partial charge on any atom is 0.347 e. The normalized spacial score (nSPS) is 18.3. The van der Waals surface area contributed by atoms with Crippen LogP contribution in [0.3, 0.4) is 0 Å². The number of ether oxygens (including phenoxy) is 3. The molecule has 5 nitrogen and oxygen atoms in total. The number of rotatable bonds is 4. The number of carbonyl (C=O) groups is 2. The van der Waals surface area contributed by atoms with Gasteiger partial charge in [-0.1, -0.05) is 11.6 Å². The third-order valence-corrected chi connectivity index (χ3v) is 2.58. The number of benzene rings is 1. The molecule has 0 spiro atoms. The summed E-state index contributed by atoms with van der Waals surface area (Å²) in [7, 11) is 0. The van der Waals surface area contributed by atoms with Crippen molar-refractivity contribution >= 4 is 23.5 Å². The van der Waals surface area contributed by atoms with Crippen molar-refractivity contribution in [2.45, 2.75) is 12.5 Å². The van der Waals surface area contributed by atoms with Crippen molar-refractivity contribution < 1.29 is 23.8 Å². The van der Waals surface area contributed by atoms with Gasteiger partial charge in [0, 0.05) is 11.4 Å². The first-order valence-electron chi connectivity index (χ1n) is 5.39. The van der Waals surface area contributed by atoms with Gasteiger partial charge in [0.15, 0.2) is 6.61 Å². The van der Waals surface area contributed by atoms with Crippen LogP contribution < -0.4 is 4.74 Å². The zero-order valence-corrected chi connectivity index (χ0v) is 10.2. The molecule has 0 radical (unpaired) electrons. The summed E-state index contributed by atoms with van der Waals surface area (Å²) in [6.07, 6.45) is -0.405. The van der Waals surface area contributed by atoms with Gasteiger partial charge in [0.1, 0.15) is 5.75 Å². The van der Waals surface area contributed by atoms with Gasteiger partial charge in [-0.3, -0.25) is 0 Å². The van der Waals surface area contributed by atoms with Crippen molar-refractivity contribution in [1.29, 1.82) is 0 Å². The fraction of sp³-hybridized carbons (Fsp3) is 0.333. The minimum Gasteiger partial charge on any atom is -0.482 e. The fourth-order valence-electron chi connectivity index (χ4n) is 1.45. The van der Waals surface area contributed by atoms with Gasteiger partial charge in [-0.05, 0) is 24.3 Å². The fourth-order valence-corrected chi connectivity index (χ4v) is 1.58. The molecule has 1 atom stereocenters. The molecular formula is C12H11ClO5. The highest BCUT2D eigenvalue weighted by atomic mass is 35.5. The first-order chi connectivity index (χ1) is 8.65. The van der Waals surface area contributed by atoms with Crippen LogP contribution in [0.5, 0.6) is 5.75 Å². The second kappa shape index (κ2) is 5.73. The molecule has 1 aromatic carbocycles. The summed E-state index contributed by atoms with van der Waals surface area (Å²) in [5.41, 5.74) is 0. The van der Waals surface area contributed by atoms with Crippen molar-refractivity contribution in [2.24, 2.45) is 0 Å². The average molecular weight is 271 g/mol. The van der Waals surface area contributed by atoms with Gasteiger partial charge >= 0.3 is 11.9 Å². The largest absolute Gasteiger partial charge is 0.482 e. The molecule has 1 heterocycles. The lowest BCUT2D eigenvalue weighted by Crippen LogP contribution is -2.26. The highest BCUT2D eigenvalue weighted by Crippen LogP contribution is 2.16. The number of carbonyl (C=O) groups excluding carboxylic acids is 2. The summed E-state index contributed by atoms with van der Waals surface area (Å²) in [4.78, 5) is 22.5. The summed E-state index contributed by atoms with van der Waals surface area (Å²) in [6.45, 7) is 0.0280. The van der Waals surface area contributed by atoms with Gasteiger partial charge in [0.05, 0.1) is 6.61 Å². The molecule has 0 saturated carbocycles. The van der Waals surface area contributed by atoms with Crippen molar-refractivity contribution in [3.8, 4) is 5.75 Å². The number of hydrogen-bond donors (Lipinski definition) is 0. The molecule has 1 unspecified atom stereocenters. The monoisotopic (exact) mass is 270 g/mol. The highest BCUT2D eigenvalue weighted by Gasteiger charge is 2.30. The molecule has 1 aliphatic heterocycles. The zero-order valence-electron chi connectivity index (χ0n) is 9.43. The van der Waals surface area contributed by atoms with E-state index in [0.717, 1.165) is 0 Å². The summed E-state index contributed by atoms with van der Waals surface area (Å²) in [5.74, 6) is -0.603.